The Bertz CT molecular complexity index is 192. The van der Waals surface area contributed by atoms with E-state index in [1.54, 1.807) is 0 Å². The van der Waals surface area contributed by atoms with Gasteiger partial charge in [0.25, 0.3) is 0 Å². The van der Waals surface area contributed by atoms with Crippen LogP contribution < -0.4 is 0 Å². The van der Waals surface area contributed by atoms with E-state index in [4.69, 9.17) is 4.74 Å². The second-order valence-electron chi connectivity index (χ2n) is 5.58. The molecule has 1 aliphatic rings. The molecule has 2 nitrogen and oxygen atoms in total. The number of alkyl halides is 1. The standard InChI is InChI=1S/C11H22BrNO/c1-10(2,7-12)8-13-5-6-14-9-11(13,3)4/h5-9H2,1-4H3. The highest BCUT2D eigenvalue weighted by molar-refractivity contribution is 9.09. The van der Waals surface area contributed by atoms with E-state index >= 15 is 0 Å². The van der Waals surface area contributed by atoms with Crippen molar-refractivity contribution in [1.82, 2.24) is 4.90 Å². The fourth-order valence-corrected chi connectivity index (χ4v) is 1.92. The van der Waals surface area contributed by atoms with Crippen LogP contribution >= 0.6 is 15.9 Å². The van der Waals surface area contributed by atoms with E-state index in [-0.39, 0.29) is 5.54 Å². The summed E-state index contributed by atoms with van der Waals surface area (Å²) in [6, 6.07) is 0. The lowest BCUT2D eigenvalue weighted by Crippen LogP contribution is -2.55. The Kier molecular flexibility index (Phi) is 4.01. The third-order valence-electron chi connectivity index (χ3n) is 2.80. The van der Waals surface area contributed by atoms with Crippen molar-refractivity contribution >= 4 is 15.9 Å². The van der Waals surface area contributed by atoms with Crippen molar-refractivity contribution in [3.8, 4) is 0 Å². The Labute approximate surface area is 96.1 Å². The maximum Gasteiger partial charge on any atom is 0.0645 e. The molecule has 1 saturated heterocycles. The third-order valence-corrected chi connectivity index (χ3v) is 4.32. The Hall–Kier alpha value is 0.400. The van der Waals surface area contributed by atoms with Crippen molar-refractivity contribution in [2.24, 2.45) is 5.41 Å². The third kappa shape index (κ3) is 3.21. The molecule has 0 spiro atoms. The summed E-state index contributed by atoms with van der Waals surface area (Å²) in [5, 5.41) is 1.05. The summed E-state index contributed by atoms with van der Waals surface area (Å²) in [6.07, 6.45) is 0. The Morgan fingerprint density at radius 3 is 2.57 bits per heavy atom. The fourth-order valence-electron chi connectivity index (χ4n) is 1.74. The van der Waals surface area contributed by atoms with Gasteiger partial charge in [-0.15, -0.1) is 0 Å². The predicted molar refractivity (Wildman–Crippen MR) is 64.0 cm³/mol. The predicted octanol–water partition coefficient (Wildman–Crippen LogP) is 2.52. The molecule has 0 atom stereocenters. The van der Waals surface area contributed by atoms with Gasteiger partial charge < -0.3 is 4.74 Å². The van der Waals surface area contributed by atoms with Crippen LogP contribution in [0, 0.1) is 5.41 Å². The lowest BCUT2D eigenvalue weighted by atomic mass is 9.92. The topological polar surface area (TPSA) is 12.5 Å². The van der Waals surface area contributed by atoms with E-state index in [9.17, 15) is 0 Å². The summed E-state index contributed by atoms with van der Waals surface area (Å²) in [7, 11) is 0. The smallest absolute Gasteiger partial charge is 0.0645 e. The van der Waals surface area contributed by atoms with Crippen LogP contribution in [-0.4, -0.2) is 42.1 Å². The number of hydrogen-bond acceptors (Lipinski definition) is 2. The number of nitrogens with zero attached hydrogens (tertiary/aromatic N) is 1. The monoisotopic (exact) mass is 263 g/mol. The zero-order chi connectivity index (χ0) is 10.8. The van der Waals surface area contributed by atoms with Gasteiger partial charge in [-0.3, -0.25) is 4.90 Å². The average Bonchev–Trinajstić information content (AvgIpc) is 2.09. The summed E-state index contributed by atoms with van der Waals surface area (Å²) >= 11 is 3.58. The molecule has 0 unspecified atom stereocenters. The first-order chi connectivity index (χ1) is 6.37. The van der Waals surface area contributed by atoms with Crippen molar-refractivity contribution in [2.75, 3.05) is 31.6 Å². The normalized spacial score (nSPS) is 23.8. The zero-order valence-corrected chi connectivity index (χ0v) is 11.4. The van der Waals surface area contributed by atoms with Gasteiger partial charge in [0, 0.05) is 24.0 Å². The number of rotatable bonds is 3. The molecular weight excluding hydrogens is 242 g/mol. The molecule has 0 N–H and O–H groups in total. The van der Waals surface area contributed by atoms with Crippen LogP contribution in [0.2, 0.25) is 0 Å². The van der Waals surface area contributed by atoms with Crippen LogP contribution in [-0.2, 0) is 4.74 Å². The first-order valence-corrected chi connectivity index (χ1v) is 6.38. The molecule has 0 radical (unpaired) electrons. The second-order valence-corrected chi connectivity index (χ2v) is 6.15. The molecule has 3 heteroatoms. The molecule has 0 aromatic carbocycles. The van der Waals surface area contributed by atoms with Gasteiger partial charge >= 0.3 is 0 Å². The first kappa shape index (κ1) is 12.5. The van der Waals surface area contributed by atoms with Gasteiger partial charge in [-0.2, -0.15) is 0 Å². The molecule has 1 rings (SSSR count). The van der Waals surface area contributed by atoms with Crippen LogP contribution in [0.5, 0.6) is 0 Å². The summed E-state index contributed by atoms with van der Waals surface area (Å²) in [4.78, 5) is 2.54. The molecule has 84 valence electrons. The van der Waals surface area contributed by atoms with E-state index in [0.717, 1.165) is 31.6 Å². The molecule has 1 aliphatic heterocycles. The fraction of sp³-hybridized carbons (Fsp3) is 1.00. The maximum absolute atomic E-state index is 5.51. The molecule has 0 aliphatic carbocycles. The first-order valence-electron chi connectivity index (χ1n) is 5.26. The number of halogens is 1. The van der Waals surface area contributed by atoms with Gasteiger partial charge in [0.15, 0.2) is 0 Å². The Morgan fingerprint density at radius 1 is 1.43 bits per heavy atom. The van der Waals surface area contributed by atoms with Gasteiger partial charge in [0.2, 0.25) is 0 Å². The summed E-state index contributed by atoms with van der Waals surface area (Å²) in [5.41, 5.74) is 0.534. The summed E-state index contributed by atoms with van der Waals surface area (Å²) < 4.78 is 5.51. The number of ether oxygens (including phenoxy) is 1. The van der Waals surface area contributed by atoms with Crippen molar-refractivity contribution in [1.29, 1.82) is 0 Å². The average molecular weight is 264 g/mol. The zero-order valence-electron chi connectivity index (χ0n) is 9.77. The minimum Gasteiger partial charge on any atom is -0.378 e. The van der Waals surface area contributed by atoms with Crippen molar-refractivity contribution in [3.05, 3.63) is 0 Å². The van der Waals surface area contributed by atoms with Crippen molar-refractivity contribution < 1.29 is 4.74 Å². The number of hydrogen-bond donors (Lipinski definition) is 0. The summed E-state index contributed by atoms with van der Waals surface area (Å²) in [5.74, 6) is 0. The minimum absolute atomic E-state index is 0.192. The van der Waals surface area contributed by atoms with E-state index in [1.165, 1.54) is 0 Å². The van der Waals surface area contributed by atoms with Crippen LogP contribution in [0.15, 0.2) is 0 Å². The van der Waals surface area contributed by atoms with Crippen LogP contribution in [0.1, 0.15) is 27.7 Å². The van der Waals surface area contributed by atoms with E-state index in [1.807, 2.05) is 0 Å². The van der Waals surface area contributed by atoms with E-state index < -0.39 is 0 Å². The highest BCUT2D eigenvalue weighted by Gasteiger charge is 2.33. The molecular formula is C11H22BrNO. The quantitative estimate of drug-likeness (QED) is 0.726. The minimum atomic E-state index is 0.192. The summed E-state index contributed by atoms with van der Waals surface area (Å²) in [6.45, 7) is 13.0. The highest BCUT2D eigenvalue weighted by atomic mass is 79.9. The van der Waals surface area contributed by atoms with Gasteiger partial charge in [-0.25, -0.2) is 0 Å². The molecule has 1 heterocycles. The number of morpholine rings is 1. The molecule has 0 aromatic heterocycles. The van der Waals surface area contributed by atoms with E-state index in [2.05, 4.69) is 48.5 Å². The van der Waals surface area contributed by atoms with Gasteiger partial charge in [0.05, 0.1) is 13.2 Å². The molecule has 0 saturated carbocycles. The largest absolute Gasteiger partial charge is 0.378 e. The van der Waals surface area contributed by atoms with Crippen molar-refractivity contribution in [2.45, 2.75) is 33.2 Å². The Balaban J connectivity index is 2.58. The molecule has 14 heavy (non-hydrogen) atoms. The van der Waals surface area contributed by atoms with Gasteiger partial charge in [-0.05, 0) is 19.3 Å². The second kappa shape index (κ2) is 4.50. The Morgan fingerprint density at radius 2 is 2.07 bits per heavy atom. The highest BCUT2D eigenvalue weighted by Crippen LogP contribution is 2.26. The van der Waals surface area contributed by atoms with Crippen LogP contribution in [0.4, 0.5) is 0 Å². The van der Waals surface area contributed by atoms with Crippen molar-refractivity contribution in [3.63, 3.8) is 0 Å². The molecule has 0 aromatic rings. The maximum atomic E-state index is 5.51. The SMILES string of the molecule is CC(C)(CBr)CN1CCOCC1(C)C. The van der Waals surface area contributed by atoms with E-state index in [0.29, 0.717) is 5.41 Å². The van der Waals surface area contributed by atoms with Crippen LogP contribution in [0.3, 0.4) is 0 Å². The molecule has 0 amide bonds. The molecule has 1 fully saturated rings. The molecule has 0 bridgehead atoms. The van der Waals surface area contributed by atoms with Gasteiger partial charge in [-0.1, -0.05) is 29.8 Å². The lowest BCUT2D eigenvalue weighted by Gasteiger charge is -2.45. The van der Waals surface area contributed by atoms with Gasteiger partial charge in [0.1, 0.15) is 0 Å². The van der Waals surface area contributed by atoms with Crippen LogP contribution in [0.25, 0.3) is 0 Å². The lowest BCUT2D eigenvalue weighted by molar-refractivity contribution is -0.0624.